The first-order valence-electron chi connectivity index (χ1n) is 5.64. The van der Waals surface area contributed by atoms with Crippen LogP contribution in [0.25, 0.3) is 5.57 Å². The van der Waals surface area contributed by atoms with Gasteiger partial charge in [0.25, 0.3) is 0 Å². The predicted octanol–water partition coefficient (Wildman–Crippen LogP) is 2.15. The first kappa shape index (κ1) is 13.5. The summed E-state index contributed by atoms with van der Waals surface area (Å²) in [6.07, 6.45) is 2.35. The first-order valence-corrected chi connectivity index (χ1v) is 5.64. The number of hydrogen-bond donors (Lipinski definition) is 1. The first-order chi connectivity index (χ1) is 8.02. The van der Waals surface area contributed by atoms with Crippen molar-refractivity contribution >= 4 is 11.5 Å². The zero-order valence-corrected chi connectivity index (χ0v) is 10.6. The molecule has 1 aromatic rings. The van der Waals surface area contributed by atoms with E-state index >= 15 is 0 Å². The van der Waals surface area contributed by atoms with Gasteiger partial charge in [0.05, 0.1) is 7.11 Å². The Bertz CT molecular complexity index is 405. The molecule has 0 amide bonds. The molecule has 0 aliphatic rings. The topological polar surface area (TPSA) is 52.3 Å². The minimum atomic E-state index is -0.331. The second-order valence-electron chi connectivity index (χ2n) is 4.23. The van der Waals surface area contributed by atoms with Crippen molar-refractivity contribution in [3.8, 4) is 0 Å². The van der Waals surface area contributed by atoms with E-state index in [4.69, 9.17) is 5.73 Å². The van der Waals surface area contributed by atoms with Crippen LogP contribution >= 0.6 is 0 Å². The van der Waals surface area contributed by atoms with E-state index in [1.165, 1.54) is 18.7 Å². The highest BCUT2D eigenvalue weighted by Gasteiger charge is 2.01. The fourth-order valence-electron chi connectivity index (χ4n) is 1.59. The average molecular weight is 233 g/mol. The molecule has 2 N–H and O–H groups in total. The van der Waals surface area contributed by atoms with Gasteiger partial charge in [-0.25, -0.2) is 4.79 Å². The summed E-state index contributed by atoms with van der Waals surface area (Å²) in [6.45, 7) is 3.87. The van der Waals surface area contributed by atoms with Crippen molar-refractivity contribution < 1.29 is 9.53 Å². The van der Waals surface area contributed by atoms with Gasteiger partial charge in [-0.1, -0.05) is 24.3 Å². The zero-order valence-electron chi connectivity index (χ0n) is 10.6. The summed E-state index contributed by atoms with van der Waals surface area (Å²) in [6, 6.07) is 8.21. The molecule has 0 aromatic heterocycles. The van der Waals surface area contributed by atoms with Crippen LogP contribution in [0.4, 0.5) is 0 Å². The maximum absolute atomic E-state index is 11.1. The van der Waals surface area contributed by atoms with Gasteiger partial charge in [-0.2, -0.15) is 0 Å². The van der Waals surface area contributed by atoms with E-state index in [0.29, 0.717) is 0 Å². The van der Waals surface area contributed by atoms with E-state index in [2.05, 4.69) is 4.74 Å². The van der Waals surface area contributed by atoms with Crippen LogP contribution in [0.5, 0.6) is 0 Å². The number of benzene rings is 1. The number of methoxy groups -OCH3 is 1. The van der Waals surface area contributed by atoms with Crippen molar-refractivity contribution in [1.82, 2.24) is 0 Å². The summed E-state index contributed by atoms with van der Waals surface area (Å²) >= 11 is 0. The molecule has 1 atom stereocenters. The lowest BCUT2D eigenvalue weighted by Crippen LogP contribution is -2.17. The van der Waals surface area contributed by atoms with Crippen LogP contribution in [0.1, 0.15) is 25.0 Å². The second kappa shape index (κ2) is 6.21. The predicted molar refractivity (Wildman–Crippen MR) is 69.5 cm³/mol. The fourth-order valence-corrected chi connectivity index (χ4v) is 1.59. The highest BCUT2D eigenvalue weighted by Crippen LogP contribution is 2.15. The molecule has 1 aromatic carbocycles. The largest absolute Gasteiger partial charge is 0.466 e. The van der Waals surface area contributed by atoms with Crippen molar-refractivity contribution in [3.05, 3.63) is 41.5 Å². The average Bonchev–Trinajstić information content (AvgIpc) is 2.28. The van der Waals surface area contributed by atoms with Crippen LogP contribution in [0.2, 0.25) is 0 Å². The SMILES string of the molecule is COC(=O)C=C(C)c1ccc(C[C@@H](C)N)cc1. The van der Waals surface area contributed by atoms with Crippen molar-refractivity contribution in [2.45, 2.75) is 26.3 Å². The van der Waals surface area contributed by atoms with Gasteiger partial charge in [-0.05, 0) is 37.0 Å². The third kappa shape index (κ3) is 4.41. The smallest absolute Gasteiger partial charge is 0.330 e. The number of hydrogen-bond acceptors (Lipinski definition) is 3. The third-order valence-electron chi connectivity index (χ3n) is 2.50. The quantitative estimate of drug-likeness (QED) is 0.640. The number of carbonyl (C=O) groups is 1. The Morgan fingerprint density at radius 2 is 2.00 bits per heavy atom. The summed E-state index contributed by atoms with van der Waals surface area (Å²) < 4.78 is 4.59. The molecule has 3 heteroatoms. The van der Waals surface area contributed by atoms with Crippen LogP contribution in [-0.4, -0.2) is 19.1 Å². The van der Waals surface area contributed by atoms with Gasteiger partial charge in [-0.3, -0.25) is 0 Å². The summed E-state index contributed by atoms with van der Waals surface area (Å²) in [7, 11) is 1.37. The molecule has 0 aliphatic carbocycles. The summed E-state index contributed by atoms with van der Waals surface area (Å²) in [5.74, 6) is -0.331. The molecule has 0 heterocycles. The van der Waals surface area contributed by atoms with E-state index < -0.39 is 0 Å². The number of rotatable bonds is 4. The van der Waals surface area contributed by atoms with Crippen LogP contribution in [0.3, 0.4) is 0 Å². The lowest BCUT2D eigenvalue weighted by atomic mass is 10.0. The van der Waals surface area contributed by atoms with E-state index in [1.54, 1.807) is 0 Å². The molecule has 92 valence electrons. The van der Waals surface area contributed by atoms with Crippen molar-refractivity contribution in [2.75, 3.05) is 7.11 Å². The van der Waals surface area contributed by atoms with E-state index in [9.17, 15) is 4.79 Å². The van der Waals surface area contributed by atoms with Gasteiger partial charge in [0.2, 0.25) is 0 Å². The Labute approximate surface area is 102 Å². The third-order valence-corrected chi connectivity index (χ3v) is 2.50. The Kier molecular flexibility index (Phi) is 4.91. The number of nitrogens with two attached hydrogens (primary N) is 1. The molecular formula is C14H19NO2. The molecule has 0 spiro atoms. The fraction of sp³-hybridized carbons (Fsp3) is 0.357. The second-order valence-corrected chi connectivity index (χ2v) is 4.23. The molecular weight excluding hydrogens is 214 g/mol. The molecule has 0 saturated carbocycles. The minimum absolute atomic E-state index is 0.160. The zero-order chi connectivity index (χ0) is 12.8. The van der Waals surface area contributed by atoms with Gasteiger partial charge in [0, 0.05) is 12.1 Å². The Balaban J connectivity index is 2.80. The van der Waals surface area contributed by atoms with E-state index in [0.717, 1.165) is 17.6 Å². The van der Waals surface area contributed by atoms with Gasteiger partial charge in [0.1, 0.15) is 0 Å². The number of ether oxygens (including phenoxy) is 1. The van der Waals surface area contributed by atoms with Crippen molar-refractivity contribution in [1.29, 1.82) is 0 Å². The summed E-state index contributed by atoms with van der Waals surface area (Å²) in [5, 5.41) is 0. The van der Waals surface area contributed by atoms with Crippen molar-refractivity contribution in [2.24, 2.45) is 5.73 Å². The highest BCUT2D eigenvalue weighted by atomic mass is 16.5. The molecule has 0 unspecified atom stereocenters. The molecule has 3 nitrogen and oxygen atoms in total. The lowest BCUT2D eigenvalue weighted by molar-refractivity contribution is -0.134. The minimum Gasteiger partial charge on any atom is -0.466 e. The number of allylic oxidation sites excluding steroid dienone is 1. The number of esters is 1. The Morgan fingerprint density at radius 3 is 2.47 bits per heavy atom. The van der Waals surface area contributed by atoms with Crippen LogP contribution < -0.4 is 5.73 Å². The van der Waals surface area contributed by atoms with Crippen LogP contribution in [0.15, 0.2) is 30.3 Å². The Hall–Kier alpha value is -1.61. The Morgan fingerprint density at radius 1 is 1.41 bits per heavy atom. The molecule has 0 fully saturated rings. The molecule has 0 bridgehead atoms. The van der Waals surface area contributed by atoms with Gasteiger partial charge >= 0.3 is 5.97 Å². The highest BCUT2D eigenvalue weighted by molar-refractivity contribution is 5.90. The van der Waals surface area contributed by atoms with Crippen LogP contribution in [-0.2, 0) is 16.0 Å². The summed E-state index contributed by atoms with van der Waals surface area (Å²) in [5.41, 5.74) is 8.85. The normalized spacial score (nSPS) is 13.3. The number of carbonyl (C=O) groups excluding carboxylic acids is 1. The molecule has 0 saturated heterocycles. The van der Waals surface area contributed by atoms with Crippen molar-refractivity contribution in [3.63, 3.8) is 0 Å². The molecule has 1 rings (SSSR count). The monoisotopic (exact) mass is 233 g/mol. The maximum atomic E-state index is 11.1. The molecule has 17 heavy (non-hydrogen) atoms. The van der Waals surface area contributed by atoms with Gasteiger partial charge < -0.3 is 10.5 Å². The van der Waals surface area contributed by atoms with E-state index in [1.807, 2.05) is 38.1 Å². The van der Waals surface area contributed by atoms with Crippen LogP contribution in [0, 0.1) is 0 Å². The standard InChI is InChI=1S/C14H19NO2/c1-10(8-14(16)17-3)13-6-4-12(5-7-13)9-11(2)15/h4-8,11H,9,15H2,1-3H3/t11-/m1/s1. The maximum Gasteiger partial charge on any atom is 0.330 e. The molecule has 0 aliphatic heterocycles. The molecule has 0 radical (unpaired) electrons. The lowest BCUT2D eigenvalue weighted by Gasteiger charge is -2.06. The van der Waals surface area contributed by atoms with Gasteiger partial charge in [0.15, 0.2) is 0 Å². The van der Waals surface area contributed by atoms with Gasteiger partial charge in [-0.15, -0.1) is 0 Å². The summed E-state index contributed by atoms with van der Waals surface area (Å²) in [4.78, 5) is 11.1. The van der Waals surface area contributed by atoms with E-state index in [-0.39, 0.29) is 12.0 Å².